The quantitative estimate of drug-likeness (QED) is 0.399. The zero-order valence-electron chi connectivity index (χ0n) is 21.0. The average Bonchev–Trinajstić information content (AvgIpc) is 3.33. The fraction of sp³-hybridized carbons (Fsp3) is 0.643. The van der Waals surface area contributed by atoms with Crippen molar-refractivity contribution in [3.8, 4) is 0 Å². The molecule has 180 valence electrons. The van der Waals surface area contributed by atoms with Crippen LogP contribution in [0.3, 0.4) is 0 Å². The summed E-state index contributed by atoms with van der Waals surface area (Å²) in [5.41, 5.74) is 9.78. The molecule has 0 radical (unpaired) electrons. The minimum Gasteiger partial charge on any atom is -1.00 e. The van der Waals surface area contributed by atoms with Crippen LogP contribution in [0.2, 0.25) is 13.1 Å². The third-order valence-corrected chi connectivity index (χ3v) is 6.19. The van der Waals surface area contributed by atoms with Crippen LogP contribution in [0.1, 0.15) is 98.6 Å². The van der Waals surface area contributed by atoms with Gasteiger partial charge in [0.15, 0.2) is 0 Å². The van der Waals surface area contributed by atoms with Crippen molar-refractivity contribution in [3.63, 3.8) is 0 Å². The van der Waals surface area contributed by atoms with Crippen LogP contribution in [0.25, 0.3) is 0 Å². The van der Waals surface area contributed by atoms with E-state index in [9.17, 15) is 0 Å². The van der Waals surface area contributed by atoms with Gasteiger partial charge >= 0.3 is 38.5 Å². The van der Waals surface area contributed by atoms with E-state index >= 15 is 0 Å². The first-order chi connectivity index (χ1) is 14.5. The molecular weight excluding hydrogens is 483 g/mol. The molecule has 0 amide bonds. The standard InChI is InChI=1S/2C13H19.C2H6Si.2ClH.Ti/c2*1-2-3-6-11-9-12-7-4-5-8-13(12)10-11;1-3-2;;;/h2*9-10H,2-8H2,1H3;1-2H3;2*1H;/q2*-1;;;;+2/p-2. The summed E-state index contributed by atoms with van der Waals surface area (Å²) in [6.45, 7) is 9.07. The Morgan fingerprint density at radius 1 is 0.719 bits per heavy atom. The third kappa shape index (κ3) is 12.1. The first-order valence-electron chi connectivity index (χ1n) is 12.6. The van der Waals surface area contributed by atoms with E-state index in [1.807, 2.05) is 0 Å². The zero-order chi connectivity index (χ0) is 21.8. The van der Waals surface area contributed by atoms with Crippen LogP contribution in [0, 0.1) is 0 Å². The van der Waals surface area contributed by atoms with Gasteiger partial charge in [-0.25, -0.2) is 12.1 Å². The Balaban J connectivity index is 0.000000490. The molecule has 2 aromatic rings. The number of hydrogen-bond donors (Lipinski definition) is 0. The van der Waals surface area contributed by atoms with Crippen LogP contribution >= 0.6 is 0 Å². The van der Waals surface area contributed by atoms with Gasteiger partial charge in [-0.3, -0.25) is 0 Å². The molecule has 0 unspecified atom stereocenters. The van der Waals surface area contributed by atoms with E-state index in [4.69, 9.17) is 0 Å². The number of hydrogen-bond acceptors (Lipinski definition) is 0. The van der Waals surface area contributed by atoms with E-state index in [2.05, 4.69) is 70.4 Å². The van der Waals surface area contributed by atoms with Crippen LogP contribution in [-0.4, -0.2) is 6.19 Å². The molecule has 0 fully saturated rings. The van der Waals surface area contributed by atoms with Crippen molar-refractivity contribution in [3.05, 3.63) is 57.6 Å². The van der Waals surface area contributed by atoms with Gasteiger partial charge in [0.1, 0.15) is 0 Å². The van der Waals surface area contributed by atoms with E-state index in [0.29, 0.717) is 0 Å². The molecule has 0 aliphatic heterocycles. The number of rotatable bonds is 6. The Morgan fingerprint density at radius 3 is 1.38 bits per heavy atom. The predicted octanol–water partition coefficient (Wildman–Crippen LogP) is 2.05. The summed E-state index contributed by atoms with van der Waals surface area (Å²) in [6.07, 6.45) is 19.0. The molecule has 0 saturated heterocycles. The molecule has 0 aromatic heterocycles. The van der Waals surface area contributed by atoms with Crippen LogP contribution < -0.4 is 24.8 Å². The van der Waals surface area contributed by atoms with Gasteiger partial charge in [0.25, 0.3) is 0 Å². The molecule has 0 saturated carbocycles. The number of halogens is 2. The number of unbranched alkanes of at least 4 members (excludes halogenated alkanes) is 2. The molecule has 2 aliphatic carbocycles. The predicted molar refractivity (Wildman–Crippen MR) is 132 cm³/mol. The summed E-state index contributed by atoms with van der Waals surface area (Å²) in [6, 6.07) is 9.79. The summed E-state index contributed by atoms with van der Waals surface area (Å²) >= 11 is 2.27. The largest absolute Gasteiger partial charge is 1.00 e. The molecule has 32 heavy (non-hydrogen) atoms. The number of fused-ring (bicyclic) bond motifs is 2. The van der Waals surface area contributed by atoms with Crippen molar-refractivity contribution in [2.24, 2.45) is 0 Å². The van der Waals surface area contributed by atoms with Crippen molar-refractivity contribution in [1.29, 1.82) is 0 Å². The first kappa shape index (κ1) is 32.2. The smallest absolute Gasteiger partial charge is 1.00 e. The summed E-state index contributed by atoms with van der Waals surface area (Å²) in [7, 11) is 0. The number of aryl methyl sites for hydroxylation is 6. The van der Waals surface area contributed by atoms with E-state index in [-0.39, 0.29) is 31.0 Å². The van der Waals surface area contributed by atoms with Crippen LogP contribution in [0.4, 0.5) is 0 Å². The average molecular weight is 528 g/mol. The topological polar surface area (TPSA) is 0 Å². The van der Waals surface area contributed by atoms with Gasteiger partial charge in [-0.15, -0.1) is 0 Å². The Labute approximate surface area is 223 Å². The van der Waals surface area contributed by atoms with Crippen molar-refractivity contribution >= 4 is 6.19 Å². The molecule has 0 nitrogen and oxygen atoms in total. The summed E-state index contributed by atoms with van der Waals surface area (Å²) in [5.74, 6) is 0. The van der Waals surface area contributed by atoms with Crippen LogP contribution in [0.5, 0.6) is 0 Å². The second-order valence-corrected chi connectivity index (χ2v) is 16.1. The zero-order valence-corrected chi connectivity index (χ0v) is 25.0. The fourth-order valence-corrected chi connectivity index (χ4v) is 4.59. The van der Waals surface area contributed by atoms with E-state index < -0.39 is 0 Å². The molecule has 0 heterocycles. The summed E-state index contributed by atoms with van der Waals surface area (Å²) < 4.78 is 0. The SMILES string of the molecule is CCCCc1cc2c([cH-]1)CCCC2.CCCCc1cc2c([cH-]1)CCCC2.C[Si](C)=[Ti+2].[Cl-].[Cl-]. The molecule has 0 spiro atoms. The second kappa shape index (κ2) is 18.5. The Hall–Kier alpha value is 0.211. The van der Waals surface area contributed by atoms with E-state index in [1.165, 1.54) is 89.9 Å². The second-order valence-electron chi connectivity index (χ2n) is 9.45. The van der Waals surface area contributed by atoms with Gasteiger partial charge < -0.3 is 24.8 Å². The molecule has 0 N–H and O–H groups in total. The van der Waals surface area contributed by atoms with Crippen molar-refractivity contribution < 1.29 is 44.0 Å². The van der Waals surface area contributed by atoms with Crippen LogP contribution in [-0.2, 0) is 57.7 Å². The molecule has 0 bridgehead atoms. The minimum atomic E-state index is 0. The Morgan fingerprint density at radius 2 is 1.06 bits per heavy atom. The fourth-order valence-electron chi connectivity index (χ4n) is 4.59. The van der Waals surface area contributed by atoms with Gasteiger partial charge in [-0.2, -0.15) is 45.5 Å². The Bertz CT molecular complexity index is 650. The van der Waals surface area contributed by atoms with Gasteiger partial charge in [0.2, 0.25) is 0 Å². The maximum absolute atomic E-state index is 2.45. The maximum Gasteiger partial charge on any atom is -1.00 e. The van der Waals surface area contributed by atoms with Crippen molar-refractivity contribution in [1.82, 2.24) is 0 Å². The first-order valence-corrected chi connectivity index (χ1v) is 17.4. The molecular formula is C28H44Cl2SiTi-2. The third-order valence-electron chi connectivity index (χ3n) is 6.19. The normalized spacial score (nSPS) is 13.7. The van der Waals surface area contributed by atoms with E-state index in [1.54, 1.807) is 33.4 Å². The van der Waals surface area contributed by atoms with Gasteiger partial charge in [0, 0.05) is 0 Å². The molecule has 0 atom stereocenters. The minimum absolute atomic E-state index is 0. The molecule has 2 aromatic carbocycles. The van der Waals surface area contributed by atoms with Crippen LogP contribution in [0.15, 0.2) is 24.3 Å². The van der Waals surface area contributed by atoms with Crippen molar-refractivity contribution in [2.45, 2.75) is 117 Å². The van der Waals surface area contributed by atoms with Crippen molar-refractivity contribution in [2.75, 3.05) is 0 Å². The molecule has 4 heteroatoms. The van der Waals surface area contributed by atoms with E-state index in [0.717, 1.165) is 0 Å². The molecule has 4 rings (SSSR count). The van der Waals surface area contributed by atoms with Gasteiger partial charge in [0.05, 0.1) is 0 Å². The van der Waals surface area contributed by atoms with Gasteiger partial charge in [-0.1, -0.05) is 104 Å². The summed E-state index contributed by atoms with van der Waals surface area (Å²) in [4.78, 5) is 0. The Kier molecular flexibility index (Phi) is 18.7. The maximum atomic E-state index is 2.45. The summed E-state index contributed by atoms with van der Waals surface area (Å²) in [5, 5.41) is 0. The monoisotopic (exact) mass is 526 g/mol. The van der Waals surface area contributed by atoms with Gasteiger partial charge in [-0.05, 0) is 0 Å². The molecule has 2 aliphatic rings.